The summed E-state index contributed by atoms with van der Waals surface area (Å²) in [5.74, 6) is -0.548. The molecule has 1 unspecified atom stereocenters. The van der Waals surface area contributed by atoms with Crippen LogP contribution in [0, 0.1) is 11.0 Å². The maximum atomic E-state index is 13.3. The largest absolute Gasteiger partial charge is 0.595 e. The van der Waals surface area contributed by atoms with Crippen molar-refractivity contribution in [2.45, 2.75) is 37.8 Å². The van der Waals surface area contributed by atoms with Crippen molar-refractivity contribution in [3.63, 3.8) is 0 Å². The van der Waals surface area contributed by atoms with Gasteiger partial charge in [0, 0.05) is 25.2 Å². The normalized spacial score (nSPS) is 23.7. The topological polar surface area (TPSA) is 94.3 Å². The lowest BCUT2D eigenvalue weighted by Crippen LogP contribution is -2.99. The van der Waals surface area contributed by atoms with Gasteiger partial charge in [-0.1, -0.05) is 0 Å². The monoisotopic (exact) mass is 348 g/mol. The summed E-state index contributed by atoms with van der Waals surface area (Å²) in [6.45, 7) is 0. The summed E-state index contributed by atoms with van der Waals surface area (Å²) in [4.78, 5) is 0. The predicted octanol–water partition coefficient (Wildman–Crippen LogP) is 0.810. The van der Waals surface area contributed by atoms with E-state index < -0.39 is 21.1 Å². The van der Waals surface area contributed by atoms with Crippen LogP contribution in [0.5, 0.6) is 5.75 Å². The van der Waals surface area contributed by atoms with Crippen LogP contribution < -0.4 is 9.96 Å². The molecule has 7 nitrogen and oxygen atoms in total. The molecular weight excluding hydrogens is 327 g/mol. The Kier molecular flexibility index (Phi) is 5.58. The van der Waals surface area contributed by atoms with E-state index in [1.165, 1.54) is 16.6 Å². The molecule has 9 heteroatoms. The summed E-state index contributed by atoms with van der Waals surface area (Å²) in [6, 6.07) is 3.24. The van der Waals surface area contributed by atoms with Gasteiger partial charge < -0.3 is 9.94 Å². The maximum absolute atomic E-state index is 13.3. The fourth-order valence-electron chi connectivity index (χ4n) is 2.75. The molecule has 1 aromatic rings. The van der Waals surface area contributed by atoms with E-state index in [4.69, 9.17) is 9.94 Å². The van der Waals surface area contributed by atoms with E-state index >= 15 is 0 Å². The third-order valence-electron chi connectivity index (χ3n) is 4.15. The molecule has 1 atom stereocenters. The smallest absolute Gasteiger partial charge is 0.211 e. The summed E-state index contributed by atoms with van der Waals surface area (Å²) in [6.07, 6.45) is 3.32. The van der Waals surface area contributed by atoms with E-state index in [9.17, 15) is 18.0 Å². The molecule has 1 fully saturated rings. The van der Waals surface area contributed by atoms with Crippen molar-refractivity contribution in [2.75, 3.05) is 13.3 Å². The number of halogens is 1. The Morgan fingerprint density at radius 2 is 1.96 bits per heavy atom. The van der Waals surface area contributed by atoms with Crippen LogP contribution in [0.2, 0.25) is 0 Å². The lowest BCUT2D eigenvalue weighted by Gasteiger charge is -2.33. The van der Waals surface area contributed by atoms with Gasteiger partial charge in [0.25, 0.3) is 0 Å². The Balaban J connectivity index is 2.01. The summed E-state index contributed by atoms with van der Waals surface area (Å²) < 4.78 is 43.4. The van der Waals surface area contributed by atoms with Crippen LogP contribution in [0.4, 0.5) is 10.1 Å². The Morgan fingerprint density at radius 3 is 2.48 bits per heavy atom. The third kappa shape index (κ3) is 4.61. The number of ether oxygens (including phenoxy) is 1. The van der Waals surface area contributed by atoms with E-state index in [0.717, 1.165) is 12.1 Å². The number of nitrogens with one attached hydrogen (secondary N) is 1. The minimum atomic E-state index is -3.24. The molecule has 1 aromatic carbocycles. The van der Waals surface area contributed by atoms with Gasteiger partial charge in [-0.25, -0.2) is 22.3 Å². The molecule has 1 aliphatic carbocycles. The van der Waals surface area contributed by atoms with E-state index in [0.29, 0.717) is 25.7 Å². The average molecular weight is 348 g/mol. The second-order valence-electron chi connectivity index (χ2n) is 5.77. The summed E-state index contributed by atoms with van der Waals surface area (Å²) in [5.41, 5.74) is -0.0817. The fraction of sp³-hybridized carbons (Fsp3) is 0.571. The Hall–Kier alpha value is -1.26. The van der Waals surface area contributed by atoms with Gasteiger partial charge in [0.2, 0.25) is 15.7 Å². The van der Waals surface area contributed by atoms with Gasteiger partial charge >= 0.3 is 0 Å². The Morgan fingerprint density at radius 1 is 1.35 bits per heavy atom. The zero-order valence-electron chi connectivity index (χ0n) is 13.0. The van der Waals surface area contributed by atoms with Crippen LogP contribution in [-0.2, 0) is 10.0 Å². The molecule has 0 bridgehead atoms. The van der Waals surface area contributed by atoms with Gasteiger partial charge in [-0.2, -0.15) is 5.23 Å². The van der Waals surface area contributed by atoms with E-state index in [1.807, 2.05) is 0 Å². The highest BCUT2D eigenvalue weighted by Gasteiger charge is 2.29. The minimum Gasteiger partial charge on any atom is -0.595 e. The molecule has 130 valence electrons. The third-order valence-corrected chi connectivity index (χ3v) is 5.49. The van der Waals surface area contributed by atoms with Crippen LogP contribution in [-0.4, -0.2) is 43.4 Å². The quantitative estimate of drug-likeness (QED) is 0.768. The molecule has 0 aromatic heterocycles. The average Bonchev–Trinajstić information content (AvgIpc) is 2.46. The molecule has 2 rings (SSSR count). The molecule has 0 heterocycles. The van der Waals surface area contributed by atoms with Crippen molar-refractivity contribution in [1.82, 2.24) is 4.31 Å². The van der Waals surface area contributed by atoms with Crippen molar-refractivity contribution in [3.05, 3.63) is 29.2 Å². The molecule has 1 aliphatic rings. The number of nitrogens with zero attached hydrogens (tertiary/aromatic N) is 1. The van der Waals surface area contributed by atoms with Gasteiger partial charge in [-0.05, 0) is 31.7 Å². The van der Waals surface area contributed by atoms with Crippen LogP contribution in [0.3, 0.4) is 0 Å². The molecule has 0 radical (unpaired) electrons. The number of hydrogen-bond donors (Lipinski definition) is 2. The first-order valence-electron chi connectivity index (χ1n) is 7.31. The second-order valence-corrected chi connectivity index (χ2v) is 7.82. The lowest BCUT2D eigenvalue weighted by molar-refractivity contribution is -0.991. The minimum absolute atomic E-state index is 0.0115. The van der Waals surface area contributed by atoms with Crippen molar-refractivity contribution in [2.24, 2.45) is 0 Å². The van der Waals surface area contributed by atoms with Crippen molar-refractivity contribution < 1.29 is 28.0 Å². The highest BCUT2D eigenvalue weighted by Crippen LogP contribution is 2.30. The SMILES string of the molecule is CN(C1CCC(Oc2cc(F)ccc2[NH+]([O-])O)CC1)S(C)(=O)=O. The molecule has 0 amide bonds. The molecule has 2 N–H and O–H groups in total. The first-order valence-corrected chi connectivity index (χ1v) is 9.16. The van der Waals surface area contributed by atoms with Crippen molar-refractivity contribution >= 4 is 15.7 Å². The maximum Gasteiger partial charge on any atom is 0.211 e. The van der Waals surface area contributed by atoms with Crippen LogP contribution in [0.15, 0.2) is 18.2 Å². The number of quaternary nitrogens is 1. The molecule has 1 saturated carbocycles. The van der Waals surface area contributed by atoms with Gasteiger partial charge in [0.15, 0.2) is 5.75 Å². The van der Waals surface area contributed by atoms with Crippen LogP contribution >= 0.6 is 0 Å². The number of sulfonamides is 1. The Labute approximate surface area is 134 Å². The molecular formula is C14H21FN2O5S. The highest BCUT2D eigenvalue weighted by atomic mass is 32.2. The first kappa shape index (κ1) is 18.1. The predicted molar refractivity (Wildman–Crippen MR) is 81.5 cm³/mol. The highest BCUT2D eigenvalue weighted by molar-refractivity contribution is 7.88. The molecule has 23 heavy (non-hydrogen) atoms. The van der Waals surface area contributed by atoms with Gasteiger partial charge in [0.1, 0.15) is 5.82 Å². The van der Waals surface area contributed by atoms with Crippen molar-refractivity contribution in [1.29, 1.82) is 0 Å². The summed E-state index contributed by atoms with van der Waals surface area (Å²) in [7, 11) is -1.69. The fourth-order valence-corrected chi connectivity index (χ4v) is 3.50. The van der Waals surface area contributed by atoms with E-state index in [-0.39, 0.29) is 23.6 Å². The number of rotatable bonds is 5. The zero-order valence-corrected chi connectivity index (χ0v) is 13.8. The second kappa shape index (κ2) is 7.10. The first-order chi connectivity index (χ1) is 10.7. The van der Waals surface area contributed by atoms with Gasteiger partial charge in [-0.15, -0.1) is 0 Å². The van der Waals surface area contributed by atoms with Gasteiger partial charge in [-0.3, -0.25) is 0 Å². The number of hydrogen-bond acceptors (Lipinski definition) is 5. The van der Waals surface area contributed by atoms with Crippen LogP contribution in [0.1, 0.15) is 25.7 Å². The standard InChI is InChI=1S/C14H21FN2O5S/c1-16(23(2,20)21)11-4-6-12(7-5-11)22-14-9-10(15)3-8-13(14)17(18)19/h3,8-9,11-12,17-18H,4-7H2,1-2H3. The number of benzene rings is 1. The van der Waals surface area contributed by atoms with Crippen LogP contribution in [0.25, 0.3) is 0 Å². The lowest BCUT2D eigenvalue weighted by atomic mass is 9.93. The molecule has 0 saturated heterocycles. The zero-order chi connectivity index (χ0) is 17.2. The van der Waals surface area contributed by atoms with E-state index in [2.05, 4.69) is 0 Å². The molecule has 0 spiro atoms. The van der Waals surface area contributed by atoms with Gasteiger partial charge in [0.05, 0.1) is 12.4 Å². The molecule has 0 aliphatic heterocycles. The Bertz CT molecular complexity index is 645. The van der Waals surface area contributed by atoms with Crippen molar-refractivity contribution in [3.8, 4) is 5.75 Å². The summed E-state index contributed by atoms with van der Waals surface area (Å²) in [5, 5.41) is 19.1. The van der Waals surface area contributed by atoms with E-state index in [1.54, 1.807) is 7.05 Å². The summed E-state index contributed by atoms with van der Waals surface area (Å²) >= 11 is 0.